The summed E-state index contributed by atoms with van der Waals surface area (Å²) in [5.41, 5.74) is -0.325. The SMILES string of the molecule is C=CC[C@]1(C)CCC(=O)CCC1=O. The largest absolute Gasteiger partial charge is 0.300 e. The van der Waals surface area contributed by atoms with E-state index in [4.69, 9.17) is 0 Å². The van der Waals surface area contributed by atoms with Gasteiger partial charge in [-0.15, -0.1) is 6.58 Å². The quantitative estimate of drug-likeness (QED) is 0.482. The predicted octanol–water partition coefficient (Wildman–Crippen LogP) is 2.28. The van der Waals surface area contributed by atoms with Crippen molar-refractivity contribution in [1.82, 2.24) is 0 Å². The van der Waals surface area contributed by atoms with Crippen LogP contribution in [0, 0.1) is 5.41 Å². The highest BCUT2D eigenvalue weighted by Gasteiger charge is 2.34. The van der Waals surface area contributed by atoms with Crippen LogP contribution in [-0.4, -0.2) is 11.6 Å². The van der Waals surface area contributed by atoms with Gasteiger partial charge >= 0.3 is 0 Å². The highest BCUT2D eigenvalue weighted by atomic mass is 16.1. The lowest BCUT2D eigenvalue weighted by Crippen LogP contribution is -2.25. The van der Waals surface area contributed by atoms with Gasteiger partial charge in [-0.25, -0.2) is 0 Å². The van der Waals surface area contributed by atoms with E-state index in [1.807, 2.05) is 6.92 Å². The van der Waals surface area contributed by atoms with E-state index in [1.54, 1.807) is 6.08 Å². The maximum absolute atomic E-state index is 11.7. The molecule has 0 bridgehead atoms. The molecule has 2 nitrogen and oxygen atoms in total. The van der Waals surface area contributed by atoms with Crippen molar-refractivity contribution in [2.45, 2.75) is 39.0 Å². The highest BCUT2D eigenvalue weighted by molar-refractivity contribution is 5.91. The first-order valence-electron chi connectivity index (χ1n) is 4.74. The number of ketones is 2. The van der Waals surface area contributed by atoms with Gasteiger partial charge < -0.3 is 0 Å². The van der Waals surface area contributed by atoms with Crippen LogP contribution in [0.1, 0.15) is 39.0 Å². The molecule has 0 aromatic rings. The molecule has 13 heavy (non-hydrogen) atoms. The molecule has 72 valence electrons. The molecule has 0 aromatic carbocycles. The van der Waals surface area contributed by atoms with E-state index in [0.717, 1.165) is 0 Å². The standard InChI is InChI=1S/C11H16O2/c1-3-7-11(2)8-6-9(12)4-5-10(11)13/h3H,1,4-8H2,2H3/t11-/m1/s1. The van der Waals surface area contributed by atoms with Crippen LogP contribution in [0.4, 0.5) is 0 Å². The second kappa shape index (κ2) is 3.86. The molecule has 2 heteroatoms. The zero-order valence-electron chi connectivity index (χ0n) is 8.14. The molecule has 0 unspecified atom stereocenters. The molecular weight excluding hydrogens is 164 g/mol. The molecule has 1 saturated carbocycles. The van der Waals surface area contributed by atoms with E-state index in [0.29, 0.717) is 32.1 Å². The summed E-state index contributed by atoms with van der Waals surface area (Å²) in [7, 11) is 0. The maximum Gasteiger partial charge on any atom is 0.139 e. The van der Waals surface area contributed by atoms with Crippen LogP contribution in [-0.2, 0) is 9.59 Å². The molecule has 0 N–H and O–H groups in total. The lowest BCUT2D eigenvalue weighted by atomic mass is 9.78. The number of rotatable bonds is 2. The zero-order valence-corrected chi connectivity index (χ0v) is 8.14. The van der Waals surface area contributed by atoms with Crippen LogP contribution in [0.5, 0.6) is 0 Å². The molecule has 0 aliphatic heterocycles. The van der Waals surface area contributed by atoms with Crippen LogP contribution in [0.15, 0.2) is 12.7 Å². The molecule has 0 heterocycles. The molecule has 1 aliphatic rings. The van der Waals surface area contributed by atoms with Gasteiger partial charge in [-0.3, -0.25) is 9.59 Å². The van der Waals surface area contributed by atoms with Gasteiger partial charge in [0, 0.05) is 24.7 Å². The van der Waals surface area contributed by atoms with Gasteiger partial charge in [-0.2, -0.15) is 0 Å². The van der Waals surface area contributed by atoms with Crippen molar-refractivity contribution < 1.29 is 9.59 Å². The second-order valence-electron chi connectivity index (χ2n) is 4.02. The molecule has 1 rings (SSSR count). The first-order chi connectivity index (χ1) is 6.08. The number of hydrogen-bond acceptors (Lipinski definition) is 2. The zero-order chi connectivity index (χ0) is 9.90. The fourth-order valence-corrected chi connectivity index (χ4v) is 1.77. The molecular formula is C11H16O2. The summed E-state index contributed by atoms with van der Waals surface area (Å²) in [5, 5.41) is 0. The van der Waals surface area contributed by atoms with Crippen LogP contribution < -0.4 is 0 Å². The van der Waals surface area contributed by atoms with Gasteiger partial charge in [-0.1, -0.05) is 13.0 Å². The topological polar surface area (TPSA) is 34.1 Å². The van der Waals surface area contributed by atoms with Crippen LogP contribution in [0.2, 0.25) is 0 Å². The fraction of sp³-hybridized carbons (Fsp3) is 0.636. The molecule has 0 spiro atoms. The van der Waals surface area contributed by atoms with E-state index >= 15 is 0 Å². The lowest BCUT2D eigenvalue weighted by Gasteiger charge is -2.24. The van der Waals surface area contributed by atoms with Gasteiger partial charge in [0.1, 0.15) is 11.6 Å². The summed E-state index contributed by atoms with van der Waals surface area (Å²) < 4.78 is 0. The van der Waals surface area contributed by atoms with Crippen molar-refractivity contribution in [2.75, 3.05) is 0 Å². The third kappa shape index (κ3) is 2.27. The van der Waals surface area contributed by atoms with Crippen molar-refractivity contribution in [1.29, 1.82) is 0 Å². The summed E-state index contributed by atoms with van der Waals surface area (Å²) in [6.07, 6.45) is 4.56. The van der Waals surface area contributed by atoms with E-state index in [1.165, 1.54) is 0 Å². The molecule has 0 amide bonds. The van der Waals surface area contributed by atoms with Gasteiger partial charge in [-0.05, 0) is 12.8 Å². The molecule has 0 aromatic heterocycles. The van der Waals surface area contributed by atoms with Crippen molar-refractivity contribution in [3.05, 3.63) is 12.7 Å². The summed E-state index contributed by atoms with van der Waals surface area (Å²) in [4.78, 5) is 22.8. The third-order valence-electron chi connectivity index (χ3n) is 2.85. The number of allylic oxidation sites excluding steroid dienone is 1. The Kier molecular flexibility index (Phi) is 3.02. The predicted molar refractivity (Wildman–Crippen MR) is 51.4 cm³/mol. The van der Waals surface area contributed by atoms with Crippen LogP contribution >= 0.6 is 0 Å². The normalized spacial score (nSPS) is 29.9. The second-order valence-corrected chi connectivity index (χ2v) is 4.02. The van der Waals surface area contributed by atoms with Gasteiger partial charge in [0.25, 0.3) is 0 Å². The summed E-state index contributed by atoms with van der Waals surface area (Å²) >= 11 is 0. The van der Waals surface area contributed by atoms with E-state index in [2.05, 4.69) is 6.58 Å². The summed E-state index contributed by atoms with van der Waals surface area (Å²) in [6, 6.07) is 0. The number of Topliss-reactive ketones (excluding diaryl/α,β-unsaturated/α-hetero) is 2. The Bertz CT molecular complexity index is 242. The number of carbonyl (C=O) groups is 2. The van der Waals surface area contributed by atoms with Crippen molar-refractivity contribution >= 4 is 11.6 Å². The minimum absolute atomic E-state index is 0.221. The summed E-state index contributed by atoms with van der Waals surface area (Å²) in [6.45, 7) is 5.59. The Hall–Kier alpha value is -0.920. The first kappa shape index (κ1) is 10.2. The van der Waals surface area contributed by atoms with E-state index in [9.17, 15) is 9.59 Å². The van der Waals surface area contributed by atoms with Gasteiger partial charge in [0.2, 0.25) is 0 Å². The average Bonchev–Trinajstić information content (AvgIpc) is 2.20. The lowest BCUT2D eigenvalue weighted by molar-refractivity contribution is -0.128. The van der Waals surface area contributed by atoms with Gasteiger partial charge in [0.15, 0.2) is 0 Å². The Morgan fingerprint density at radius 2 is 2.08 bits per heavy atom. The minimum Gasteiger partial charge on any atom is -0.300 e. The molecule has 1 atom stereocenters. The molecule has 1 fully saturated rings. The molecule has 0 saturated heterocycles. The Labute approximate surface area is 79.0 Å². The van der Waals surface area contributed by atoms with Crippen molar-refractivity contribution in [2.24, 2.45) is 5.41 Å². The number of carbonyl (C=O) groups excluding carboxylic acids is 2. The summed E-state index contributed by atoms with van der Waals surface area (Å²) in [5.74, 6) is 0.444. The molecule has 0 radical (unpaired) electrons. The van der Waals surface area contributed by atoms with Crippen molar-refractivity contribution in [3.63, 3.8) is 0 Å². The Morgan fingerprint density at radius 3 is 2.69 bits per heavy atom. The third-order valence-corrected chi connectivity index (χ3v) is 2.85. The van der Waals surface area contributed by atoms with Crippen molar-refractivity contribution in [3.8, 4) is 0 Å². The van der Waals surface area contributed by atoms with E-state index in [-0.39, 0.29) is 17.0 Å². The minimum atomic E-state index is -0.325. The highest BCUT2D eigenvalue weighted by Crippen LogP contribution is 2.33. The van der Waals surface area contributed by atoms with E-state index < -0.39 is 0 Å². The maximum atomic E-state index is 11.7. The monoisotopic (exact) mass is 180 g/mol. The Balaban J connectivity index is 2.76. The Morgan fingerprint density at radius 1 is 1.38 bits per heavy atom. The average molecular weight is 180 g/mol. The van der Waals surface area contributed by atoms with Gasteiger partial charge in [0.05, 0.1) is 0 Å². The smallest absolute Gasteiger partial charge is 0.139 e. The number of hydrogen-bond donors (Lipinski definition) is 0. The van der Waals surface area contributed by atoms with Crippen LogP contribution in [0.3, 0.4) is 0 Å². The first-order valence-corrected chi connectivity index (χ1v) is 4.74. The molecule has 1 aliphatic carbocycles. The fourth-order valence-electron chi connectivity index (χ4n) is 1.77. The van der Waals surface area contributed by atoms with Crippen LogP contribution in [0.25, 0.3) is 0 Å².